The van der Waals surface area contributed by atoms with Crippen LogP contribution in [0.25, 0.3) is 10.9 Å². The molecule has 108 valence electrons. The molecule has 7 heteroatoms. The van der Waals surface area contributed by atoms with Crippen molar-refractivity contribution < 1.29 is 35.8 Å². The number of hydrogen-bond donors (Lipinski definition) is 1. The van der Waals surface area contributed by atoms with E-state index in [1.807, 2.05) is 18.2 Å². The van der Waals surface area contributed by atoms with E-state index in [4.69, 9.17) is 17.3 Å². The van der Waals surface area contributed by atoms with E-state index in [2.05, 4.69) is 4.98 Å². The number of halogens is 2. The van der Waals surface area contributed by atoms with Crippen molar-refractivity contribution in [2.24, 2.45) is 5.73 Å². The number of aromatic nitrogens is 1. The third-order valence-corrected chi connectivity index (χ3v) is 3.79. The molecule has 1 saturated heterocycles. The van der Waals surface area contributed by atoms with E-state index in [9.17, 15) is 4.79 Å². The molecule has 1 aromatic heterocycles. The van der Waals surface area contributed by atoms with Gasteiger partial charge in [-0.3, -0.25) is 9.78 Å². The SMILES string of the molecule is Cl.NC1CCN(Cc2ccc3nccc(Cl)c3c2)C1=O.[H-].[Na+]. The Morgan fingerprint density at radius 1 is 1.43 bits per heavy atom. The number of carbonyl (C=O) groups excluding carboxylic acids is 1. The number of fused-ring (bicyclic) bond motifs is 1. The molecule has 21 heavy (non-hydrogen) atoms. The Kier molecular flexibility index (Phi) is 6.91. The second-order valence-electron chi connectivity index (χ2n) is 4.80. The number of nitrogens with zero attached hydrogens (tertiary/aromatic N) is 2. The van der Waals surface area contributed by atoms with Gasteiger partial charge in [-0.25, -0.2) is 0 Å². The van der Waals surface area contributed by atoms with Gasteiger partial charge in [-0.15, -0.1) is 12.4 Å². The molecule has 4 nitrogen and oxygen atoms in total. The minimum absolute atomic E-state index is 0. The number of nitrogens with two attached hydrogens (primary N) is 1. The maximum atomic E-state index is 11.8. The van der Waals surface area contributed by atoms with Gasteiger partial charge in [-0.1, -0.05) is 17.7 Å². The first-order valence-electron chi connectivity index (χ1n) is 6.22. The summed E-state index contributed by atoms with van der Waals surface area (Å²) in [6.07, 6.45) is 2.42. The van der Waals surface area contributed by atoms with Crippen LogP contribution in [0.15, 0.2) is 30.5 Å². The van der Waals surface area contributed by atoms with E-state index >= 15 is 0 Å². The number of amides is 1. The van der Waals surface area contributed by atoms with Crippen LogP contribution in [0.4, 0.5) is 0 Å². The molecule has 1 aliphatic rings. The maximum absolute atomic E-state index is 11.8. The molecule has 0 saturated carbocycles. The van der Waals surface area contributed by atoms with E-state index in [1.54, 1.807) is 17.2 Å². The molecule has 1 fully saturated rings. The van der Waals surface area contributed by atoms with Crippen molar-refractivity contribution in [3.05, 3.63) is 41.0 Å². The van der Waals surface area contributed by atoms with E-state index in [1.165, 1.54) is 0 Å². The van der Waals surface area contributed by atoms with Gasteiger partial charge >= 0.3 is 29.6 Å². The molecular weight excluding hydrogens is 320 g/mol. The quantitative estimate of drug-likeness (QED) is 0.752. The summed E-state index contributed by atoms with van der Waals surface area (Å²) in [7, 11) is 0. The molecule has 0 radical (unpaired) electrons. The molecule has 0 spiro atoms. The first-order valence-corrected chi connectivity index (χ1v) is 6.60. The van der Waals surface area contributed by atoms with Gasteiger partial charge in [0.05, 0.1) is 16.6 Å². The van der Waals surface area contributed by atoms with Gasteiger partial charge in [0.1, 0.15) is 0 Å². The van der Waals surface area contributed by atoms with Crippen molar-refractivity contribution in [3.8, 4) is 0 Å². The Balaban J connectivity index is 0.00000147. The van der Waals surface area contributed by atoms with Crippen molar-refractivity contribution >= 4 is 40.8 Å². The van der Waals surface area contributed by atoms with Crippen LogP contribution in [0.3, 0.4) is 0 Å². The van der Waals surface area contributed by atoms with E-state index < -0.39 is 0 Å². The predicted molar refractivity (Wildman–Crippen MR) is 83.1 cm³/mol. The zero-order valence-corrected chi connectivity index (χ0v) is 15.3. The minimum Gasteiger partial charge on any atom is -1.00 e. The van der Waals surface area contributed by atoms with Crippen LogP contribution >= 0.6 is 24.0 Å². The van der Waals surface area contributed by atoms with E-state index in [0.717, 1.165) is 29.4 Å². The van der Waals surface area contributed by atoms with Gasteiger partial charge in [-0.05, 0) is 30.2 Å². The first-order chi connectivity index (χ1) is 9.15. The summed E-state index contributed by atoms with van der Waals surface area (Å²) < 4.78 is 0. The second kappa shape index (κ2) is 7.77. The Bertz CT molecular complexity index is 659. The number of carbonyl (C=O) groups is 1. The van der Waals surface area contributed by atoms with Gasteiger partial charge in [0.15, 0.2) is 0 Å². The molecule has 1 aliphatic heterocycles. The van der Waals surface area contributed by atoms with Crippen LogP contribution in [-0.2, 0) is 11.3 Å². The van der Waals surface area contributed by atoms with Crippen molar-refractivity contribution in [1.29, 1.82) is 0 Å². The van der Waals surface area contributed by atoms with Gasteiger partial charge in [0.2, 0.25) is 5.91 Å². The Morgan fingerprint density at radius 2 is 2.19 bits per heavy atom. The molecule has 2 aromatic rings. The summed E-state index contributed by atoms with van der Waals surface area (Å²) in [4.78, 5) is 17.8. The van der Waals surface area contributed by atoms with Crippen LogP contribution in [0.5, 0.6) is 0 Å². The zero-order valence-electron chi connectivity index (χ0n) is 12.8. The van der Waals surface area contributed by atoms with Crippen molar-refractivity contribution in [1.82, 2.24) is 9.88 Å². The Hall–Kier alpha value is -0.360. The number of benzene rings is 1. The van der Waals surface area contributed by atoms with Crippen LogP contribution in [-0.4, -0.2) is 28.4 Å². The summed E-state index contributed by atoms with van der Waals surface area (Å²) in [5.74, 6) is 0.0254. The van der Waals surface area contributed by atoms with Crippen LogP contribution < -0.4 is 35.3 Å². The van der Waals surface area contributed by atoms with Gasteiger partial charge in [-0.2, -0.15) is 0 Å². The van der Waals surface area contributed by atoms with Gasteiger partial charge in [0, 0.05) is 24.7 Å². The molecule has 3 rings (SSSR count). The second-order valence-corrected chi connectivity index (χ2v) is 5.21. The zero-order chi connectivity index (χ0) is 13.4. The molecule has 0 aliphatic carbocycles. The summed E-state index contributed by atoms with van der Waals surface area (Å²) in [6, 6.07) is 7.32. The molecular formula is C14H16Cl2N3NaO. The van der Waals surface area contributed by atoms with Crippen LogP contribution in [0.2, 0.25) is 5.02 Å². The van der Waals surface area contributed by atoms with Gasteiger partial charge in [0.25, 0.3) is 0 Å². The summed E-state index contributed by atoms with van der Waals surface area (Å²) >= 11 is 6.16. The molecule has 2 heterocycles. The fourth-order valence-electron chi connectivity index (χ4n) is 2.40. The average Bonchev–Trinajstić information content (AvgIpc) is 2.72. The number of pyridine rings is 1. The molecule has 1 unspecified atom stereocenters. The summed E-state index contributed by atoms with van der Waals surface area (Å²) in [6.45, 7) is 1.30. The number of rotatable bonds is 2. The fraction of sp³-hybridized carbons (Fsp3) is 0.286. The van der Waals surface area contributed by atoms with Gasteiger partial charge < -0.3 is 12.1 Å². The maximum Gasteiger partial charge on any atom is 1.00 e. The predicted octanol–water partition coefficient (Wildman–Crippen LogP) is -0.514. The molecule has 0 bridgehead atoms. The fourth-order valence-corrected chi connectivity index (χ4v) is 2.61. The van der Waals surface area contributed by atoms with Crippen molar-refractivity contribution in [2.45, 2.75) is 19.0 Å². The van der Waals surface area contributed by atoms with Crippen molar-refractivity contribution in [3.63, 3.8) is 0 Å². The largest absolute Gasteiger partial charge is 1.00 e. The van der Waals surface area contributed by atoms with E-state index in [-0.39, 0.29) is 55.3 Å². The molecule has 1 aromatic carbocycles. The van der Waals surface area contributed by atoms with Crippen LogP contribution in [0, 0.1) is 0 Å². The van der Waals surface area contributed by atoms with Crippen molar-refractivity contribution in [2.75, 3.05) is 6.54 Å². The van der Waals surface area contributed by atoms with E-state index in [0.29, 0.717) is 11.6 Å². The Labute approximate surface area is 158 Å². The third kappa shape index (κ3) is 3.89. The average molecular weight is 336 g/mol. The number of hydrogen-bond acceptors (Lipinski definition) is 3. The number of likely N-dealkylation sites (tertiary alicyclic amines) is 1. The third-order valence-electron chi connectivity index (χ3n) is 3.47. The normalized spacial score (nSPS) is 17.5. The summed E-state index contributed by atoms with van der Waals surface area (Å²) in [5, 5.41) is 1.59. The molecule has 2 N–H and O–H groups in total. The van der Waals surface area contributed by atoms with Crippen LogP contribution in [0.1, 0.15) is 13.4 Å². The Morgan fingerprint density at radius 3 is 2.86 bits per heavy atom. The first kappa shape index (κ1) is 18.7. The smallest absolute Gasteiger partial charge is 1.00 e. The minimum atomic E-state index is -0.342. The topological polar surface area (TPSA) is 59.2 Å². The molecule has 1 atom stereocenters. The summed E-state index contributed by atoms with van der Waals surface area (Å²) in [5.41, 5.74) is 7.62. The monoisotopic (exact) mass is 335 g/mol. The molecule has 1 amide bonds. The standard InChI is InChI=1S/C14H14ClN3O.ClH.Na.H/c15-11-3-5-17-13-2-1-9(7-10(11)13)8-18-6-4-12(16)14(18)19;;;/h1-3,5,7,12H,4,6,8,16H2;1H;;/q;;+1;-1.